The van der Waals surface area contributed by atoms with Gasteiger partial charge in [-0.15, -0.1) is 5.10 Å². The first kappa shape index (κ1) is 14.1. The fourth-order valence-corrected chi connectivity index (χ4v) is 2.62. The zero-order valence-electron chi connectivity index (χ0n) is 11.9. The van der Waals surface area contributed by atoms with Crippen molar-refractivity contribution in [3.8, 4) is 11.4 Å². The van der Waals surface area contributed by atoms with Crippen LogP contribution in [0.2, 0.25) is 0 Å². The van der Waals surface area contributed by atoms with Crippen LogP contribution in [0.15, 0.2) is 45.5 Å². The zero-order chi connectivity index (χ0) is 15.8. The molecule has 2 aromatic heterocycles. The number of aromatic nitrogens is 4. The molecule has 0 spiro atoms. The molecule has 0 unspecified atom stereocenters. The Labute approximate surface area is 139 Å². The van der Waals surface area contributed by atoms with Crippen molar-refractivity contribution in [2.45, 2.75) is 18.9 Å². The first-order chi connectivity index (χ1) is 11.2. The highest BCUT2D eigenvalue weighted by Crippen LogP contribution is 2.36. The van der Waals surface area contributed by atoms with Gasteiger partial charge in [-0.25, -0.2) is 4.68 Å². The van der Waals surface area contributed by atoms with E-state index in [1.165, 1.54) is 0 Å². The molecule has 7 nitrogen and oxygen atoms in total. The van der Waals surface area contributed by atoms with Gasteiger partial charge in [0, 0.05) is 11.3 Å². The second-order valence-corrected chi connectivity index (χ2v) is 6.10. The van der Waals surface area contributed by atoms with E-state index in [4.69, 9.17) is 4.42 Å². The Balaban J connectivity index is 1.59. The molecule has 1 aliphatic rings. The van der Waals surface area contributed by atoms with Gasteiger partial charge >= 0.3 is 0 Å². The molecule has 0 saturated heterocycles. The minimum Gasteiger partial charge on any atom is -0.444 e. The number of carbonyl (C=O) groups is 1. The van der Waals surface area contributed by atoms with Gasteiger partial charge in [0.2, 0.25) is 0 Å². The highest BCUT2D eigenvalue weighted by molar-refractivity contribution is 9.10. The van der Waals surface area contributed by atoms with Gasteiger partial charge in [0.15, 0.2) is 16.3 Å². The monoisotopic (exact) mass is 373 g/mol. The quantitative estimate of drug-likeness (QED) is 0.758. The number of amides is 1. The van der Waals surface area contributed by atoms with Crippen molar-refractivity contribution in [1.29, 1.82) is 0 Å². The lowest BCUT2D eigenvalue weighted by molar-refractivity contribution is 0.0995. The lowest BCUT2D eigenvalue weighted by Crippen LogP contribution is -2.10. The predicted octanol–water partition coefficient (Wildman–Crippen LogP) is 3.28. The van der Waals surface area contributed by atoms with Crippen LogP contribution in [0.25, 0.3) is 11.4 Å². The predicted molar refractivity (Wildman–Crippen MR) is 85.9 cm³/mol. The van der Waals surface area contributed by atoms with E-state index in [0.29, 0.717) is 22.2 Å². The molecule has 1 amide bonds. The van der Waals surface area contributed by atoms with Crippen molar-refractivity contribution < 1.29 is 9.21 Å². The normalized spacial score (nSPS) is 14.0. The van der Waals surface area contributed by atoms with Crippen molar-refractivity contribution in [2.24, 2.45) is 0 Å². The summed E-state index contributed by atoms with van der Waals surface area (Å²) in [5.74, 6) is 0.643. The number of carbonyl (C=O) groups excluding carboxylic acids is 1. The SMILES string of the molecule is O=C(Nc1cccc(-c2nnnn2C2CC2)c1)c1ccc(Br)o1. The molecule has 0 radical (unpaired) electrons. The van der Waals surface area contributed by atoms with Crippen molar-refractivity contribution in [3.63, 3.8) is 0 Å². The highest BCUT2D eigenvalue weighted by atomic mass is 79.9. The van der Waals surface area contributed by atoms with Gasteiger partial charge in [-0.05, 0) is 63.5 Å². The van der Waals surface area contributed by atoms with E-state index in [2.05, 4.69) is 36.8 Å². The van der Waals surface area contributed by atoms with Crippen LogP contribution in [-0.4, -0.2) is 26.1 Å². The van der Waals surface area contributed by atoms with Crippen LogP contribution in [0.3, 0.4) is 0 Å². The maximum atomic E-state index is 12.1. The molecule has 2 heterocycles. The van der Waals surface area contributed by atoms with Crippen LogP contribution in [-0.2, 0) is 0 Å². The third-order valence-electron chi connectivity index (χ3n) is 3.56. The summed E-state index contributed by atoms with van der Waals surface area (Å²) in [5.41, 5.74) is 1.52. The van der Waals surface area contributed by atoms with E-state index >= 15 is 0 Å². The maximum Gasteiger partial charge on any atom is 0.291 e. The molecule has 1 N–H and O–H groups in total. The van der Waals surface area contributed by atoms with Gasteiger partial charge in [0.05, 0.1) is 6.04 Å². The maximum absolute atomic E-state index is 12.1. The zero-order valence-corrected chi connectivity index (χ0v) is 13.5. The third kappa shape index (κ3) is 2.89. The molecular formula is C15H12BrN5O2. The van der Waals surface area contributed by atoms with Crippen LogP contribution >= 0.6 is 15.9 Å². The Kier molecular flexibility index (Phi) is 3.45. The summed E-state index contributed by atoms with van der Waals surface area (Å²) in [5, 5.41) is 14.7. The molecule has 1 saturated carbocycles. The molecule has 8 heteroatoms. The first-order valence-electron chi connectivity index (χ1n) is 7.16. The van der Waals surface area contributed by atoms with Crippen molar-refractivity contribution in [3.05, 3.63) is 46.8 Å². The molecule has 1 aromatic carbocycles. The highest BCUT2D eigenvalue weighted by Gasteiger charge is 2.28. The number of furan rings is 1. The van der Waals surface area contributed by atoms with Gasteiger partial charge in [-0.1, -0.05) is 12.1 Å². The third-order valence-corrected chi connectivity index (χ3v) is 3.99. The number of rotatable bonds is 4. The average Bonchev–Trinajstić information content (AvgIpc) is 3.10. The molecular weight excluding hydrogens is 362 g/mol. The Hall–Kier alpha value is -2.48. The molecule has 3 aromatic rings. The Morgan fingerprint density at radius 2 is 2.17 bits per heavy atom. The number of benzene rings is 1. The second-order valence-electron chi connectivity index (χ2n) is 5.32. The van der Waals surface area contributed by atoms with Gasteiger partial charge in [-0.2, -0.15) is 0 Å². The Morgan fingerprint density at radius 1 is 1.30 bits per heavy atom. The molecule has 23 heavy (non-hydrogen) atoms. The Morgan fingerprint density at radius 3 is 2.91 bits per heavy atom. The summed E-state index contributed by atoms with van der Waals surface area (Å²) in [7, 11) is 0. The summed E-state index contributed by atoms with van der Waals surface area (Å²) in [6.07, 6.45) is 2.20. The molecule has 0 aliphatic heterocycles. The number of nitrogens with zero attached hydrogens (tertiary/aromatic N) is 4. The fraction of sp³-hybridized carbons (Fsp3) is 0.200. The molecule has 4 rings (SSSR count). The van der Waals surface area contributed by atoms with Gasteiger partial charge in [-0.3, -0.25) is 4.79 Å². The standard InChI is InChI=1S/C15H12BrN5O2/c16-13-7-6-12(23-13)15(22)17-10-3-1-2-9(8-10)14-18-19-20-21(14)11-4-5-11/h1-3,6-8,11H,4-5H2,(H,17,22). The number of anilines is 1. The first-order valence-corrected chi connectivity index (χ1v) is 7.95. The van der Waals surface area contributed by atoms with Crippen LogP contribution < -0.4 is 5.32 Å². The number of nitrogens with one attached hydrogen (secondary N) is 1. The molecule has 1 aliphatic carbocycles. The van der Waals surface area contributed by atoms with Crippen LogP contribution in [0.1, 0.15) is 29.4 Å². The average molecular weight is 374 g/mol. The number of halogens is 1. The van der Waals surface area contributed by atoms with Crippen LogP contribution in [0, 0.1) is 0 Å². The summed E-state index contributed by atoms with van der Waals surface area (Å²) in [6.45, 7) is 0. The summed E-state index contributed by atoms with van der Waals surface area (Å²) < 4.78 is 7.60. The van der Waals surface area contributed by atoms with E-state index in [-0.39, 0.29) is 11.7 Å². The minimum atomic E-state index is -0.311. The minimum absolute atomic E-state index is 0.241. The van der Waals surface area contributed by atoms with Crippen LogP contribution in [0.5, 0.6) is 0 Å². The smallest absolute Gasteiger partial charge is 0.291 e. The second kappa shape index (κ2) is 5.62. The molecule has 1 fully saturated rings. The van der Waals surface area contributed by atoms with Gasteiger partial charge < -0.3 is 9.73 Å². The largest absolute Gasteiger partial charge is 0.444 e. The van der Waals surface area contributed by atoms with Crippen molar-refractivity contribution >= 4 is 27.5 Å². The molecule has 116 valence electrons. The van der Waals surface area contributed by atoms with E-state index in [1.807, 2.05) is 28.9 Å². The Bertz CT molecular complexity index is 868. The lowest BCUT2D eigenvalue weighted by Gasteiger charge is -2.06. The van der Waals surface area contributed by atoms with Crippen molar-refractivity contribution in [2.75, 3.05) is 5.32 Å². The number of tetrazole rings is 1. The molecule has 0 bridgehead atoms. The number of hydrogen-bond donors (Lipinski definition) is 1. The van der Waals surface area contributed by atoms with E-state index in [9.17, 15) is 4.79 Å². The molecule has 0 atom stereocenters. The van der Waals surface area contributed by atoms with E-state index in [0.717, 1.165) is 18.4 Å². The summed E-state index contributed by atoms with van der Waals surface area (Å²) in [6, 6.07) is 11.1. The van der Waals surface area contributed by atoms with Crippen LogP contribution in [0.4, 0.5) is 5.69 Å². The van der Waals surface area contributed by atoms with E-state index < -0.39 is 0 Å². The van der Waals surface area contributed by atoms with Gasteiger partial charge in [0.25, 0.3) is 5.91 Å². The van der Waals surface area contributed by atoms with E-state index in [1.54, 1.807) is 12.1 Å². The topological polar surface area (TPSA) is 85.8 Å². The fourth-order valence-electron chi connectivity index (χ4n) is 2.31. The lowest BCUT2D eigenvalue weighted by atomic mass is 10.2. The van der Waals surface area contributed by atoms with Crippen molar-refractivity contribution in [1.82, 2.24) is 20.2 Å². The number of hydrogen-bond acceptors (Lipinski definition) is 5. The summed E-state index contributed by atoms with van der Waals surface area (Å²) in [4.78, 5) is 12.1. The summed E-state index contributed by atoms with van der Waals surface area (Å²) >= 11 is 3.18. The van der Waals surface area contributed by atoms with Gasteiger partial charge in [0.1, 0.15) is 0 Å².